The van der Waals surface area contributed by atoms with Gasteiger partial charge in [0.05, 0.1) is 25.4 Å². The number of ether oxygens (including phenoxy) is 1. The van der Waals surface area contributed by atoms with Crippen LogP contribution in [0.2, 0.25) is 0 Å². The second-order valence-corrected chi connectivity index (χ2v) is 4.88. The number of hydrogen-bond acceptors (Lipinski definition) is 6. The Kier molecular flexibility index (Phi) is 4.20. The van der Waals surface area contributed by atoms with Crippen molar-refractivity contribution in [3.05, 3.63) is 12.4 Å². The van der Waals surface area contributed by atoms with E-state index < -0.39 is 0 Å². The summed E-state index contributed by atoms with van der Waals surface area (Å²) < 4.78 is 5.51. The van der Waals surface area contributed by atoms with Gasteiger partial charge in [0.1, 0.15) is 17.2 Å². The van der Waals surface area contributed by atoms with Crippen LogP contribution in [0.25, 0.3) is 0 Å². The van der Waals surface area contributed by atoms with E-state index in [1.807, 2.05) is 12.3 Å². The van der Waals surface area contributed by atoms with Crippen LogP contribution in [0.3, 0.4) is 0 Å². The van der Waals surface area contributed by atoms with E-state index in [0.717, 1.165) is 10.8 Å². The average molecular weight is 255 g/mol. The molecule has 0 aliphatic carbocycles. The van der Waals surface area contributed by atoms with E-state index in [1.165, 1.54) is 0 Å². The van der Waals surface area contributed by atoms with E-state index in [0.29, 0.717) is 13.2 Å². The summed E-state index contributed by atoms with van der Waals surface area (Å²) in [7, 11) is 0. The lowest BCUT2D eigenvalue weighted by Gasteiger charge is -2.38. The molecule has 0 amide bonds. The topological polar surface area (TPSA) is 58.5 Å². The maximum Gasteiger partial charge on any atom is 0.133 e. The average Bonchev–Trinajstić information content (AvgIpc) is 2.39. The van der Waals surface area contributed by atoms with Gasteiger partial charge < -0.3 is 14.7 Å². The first kappa shape index (κ1) is 12.6. The first-order valence-electron chi connectivity index (χ1n) is 5.59. The number of hydrogen-bond donors (Lipinski definition) is 1. The van der Waals surface area contributed by atoms with Crippen molar-refractivity contribution in [2.75, 3.05) is 30.9 Å². The van der Waals surface area contributed by atoms with Gasteiger partial charge in [-0.25, -0.2) is 9.97 Å². The van der Waals surface area contributed by atoms with Crippen molar-refractivity contribution >= 4 is 17.6 Å². The Bertz CT molecular complexity index is 377. The molecule has 1 saturated heterocycles. The van der Waals surface area contributed by atoms with Gasteiger partial charge in [-0.15, -0.1) is 11.8 Å². The fourth-order valence-corrected chi connectivity index (χ4v) is 2.22. The van der Waals surface area contributed by atoms with Crippen molar-refractivity contribution in [1.82, 2.24) is 9.97 Å². The molecule has 0 radical (unpaired) electrons. The molecule has 1 fully saturated rings. The van der Waals surface area contributed by atoms with Crippen LogP contribution in [0.5, 0.6) is 0 Å². The Morgan fingerprint density at radius 2 is 2.41 bits per heavy atom. The summed E-state index contributed by atoms with van der Waals surface area (Å²) in [6.07, 6.45) is 3.45. The van der Waals surface area contributed by atoms with E-state index >= 15 is 0 Å². The predicted octanol–water partition coefficient (Wildman–Crippen LogP) is 0.784. The molecule has 1 aromatic heterocycles. The van der Waals surface area contributed by atoms with Crippen LogP contribution >= 0.6 is 11.8 Å². The van der Waals surface area contributed by atoms with Gasteiger partial charge in [-0.2, -0.15) is 0 Å². The minimum absolute atomic E-state index is 0.0453. The van der Waals surface area contributed by atoms with Crippen molar-refractivity contribution in [2.45, 2.75) is 24.1 Å². The van der Waals surface area contributed by atoms with E-state index in [1.54, 1.807) is 18.1 Å². The molecule has 0 spiro atoms. The number of aliphatic hydroxyl groups excluding tert-OH is 1. The SMILES string of the molecule is CSc1cc(N2CC(CO)OCC2C)ncn1. The molecule has 0 aromatic carbocycles. The Morgan fingerprint density at radius 1 is 1.59 bits per heavy atom. The monoisotopic (exact) mass is 255 g/mol. The normalized spacial score (nSPS) is 25.0. The largest absolute Gasteiger partial charge is 0.394 e. The molecule has 1 aliphatic rings. The number of rotatable bonds is 3. The predicted molar refractivity (Wildman–Crippen MR) is 67.4 cm³/mol. The molecule has 2 atom stereocenters. The van der Waals surface area contributed by atoms with Crippen LogP contribution in [0.4, 0.5) is 5.82 Å². The molecule has 1 aromatic rings. The second-order valence-electron chi connectivity index (χ2n) is 4.06. The number of morpholine rings is 1. The highest BCUT2D eigenvalue weighted by Crippen LogP contribution is 2.22. The van der Waals surface area contributed by atoms with Crippen molar-refractivity contribution in [2.24, 2.45) is 0 Å². The van der Waals surface area contributed by atoms with Crippen molar-refractivity contribution in [1.29, 1.82) is 0 Å². The summed E-state index contributed by atoms with van der Waals surface area (Å²) in [5.74, 6) is 0.901. The third-order valence-corrected chi connectivity index (χ3v) is 3.48. The first-order valence-corrected chi connectivity index (χ1v) is 6.82. The maximum atomic E-state index is 9.15. The molecule has 17 heavy (non-hydrogen) atoms. The Balaban J connectivity index is 2.18. The van der Waals surface area contributed by atoms with Crippen LogP contribution in [0, 0.1) is 0 Å². The number of thioether (sulfide) groups is 1. The molecule has 2 rings (SSSR count). The zero-order valence-corrected chi connectivity index (χ0v) is 10.9. The number of aromatic nitrogens is 2. The molecule has 0 saturated carbocycles. The van der Waals surface area contributed by atoms with Gasteiger partial charge in [-0.3, -0.25) is 0 Å². The number of nitrogens with zero attached hydrogens (tertiary/aromatic N) is 3. The molecular formula is C11H17N3O2S. The van der Waals surface area contributed by atoms with Gasteiger partial charge in [0, 0.05) is 12.6 Å². The van der Waals surface area contributed by atoms with Gasteiger partial charge in [0.2, 0.25) is 0 Å². The Morgan fingerprint density at radius 3 is 3.12 bits per heavy atom. The lowest BCUT2D eigenvalue weighted by atomic mass is 10.2. The van der Waals surface area contributed by atoms with Gasteiger partial charge in [0.25, 0.3) is 0 Å². The van der Waals surface area contributed by atoms with Crippen molar-refractivity contribution in [3.8, 4) is 0 Å². The lowest BCUT2D eigenvalue weighted by molar-refractivity contribution is -0.0106. The van der Waals surface area contributed by atoms with Crippen molar-refractivity contribution in [3.63, 3.8) is 0 Å². The van der Waals surface area contributed by atoms with Gasteiger partial charge >= 0.3 is 0 Å². The van der Waals surface area contributed by atoms with Crippen LogP contribution < -0.4 is 4.90 Å². The first-order chi connectivity index (χ1) is 8.24. The van der Waals surface area contributed by atoms with Crippen LogP contribution in [0.15, 0.2) is 17.4 Å². The second kappa shape index (κ2) is 5.66. The highest BCUT2D eigenvalue weighted by Gasteiger charge is 2.26. The van der Waals surface area contributed by atoms with E-state index in [9.17, 15) is 0 Å². The van der Waals surface area contributed by atoms with Crippen molar-refractivity contribution < 1.29 is 9.84 Å². The summed E-state index contributed by atoms with van der Waals surface area (Å²) in [4.78, 5) is 10.6. The molecule has 6 heteroatoms. The summed E-state index contributed by atoms with van der Waals surface area (Å²) in [6, 6.07) is 2.24. The fraction of sp³-hybridized carbons (Fsp3) is 0.636. The minimum Gasteiger partial charge on any atom is -0.394 e. The zero-order chi connectivity index (χ0) is 12.3. The highest BCUT2D eigenvalue weighted by molar-refractivity contribution is 7.98. The Hall–Kier alpha value is -0.850. The van der Waals surface area contributed by atoms with Crippen LogP contribution in [-0.2, 0) is 4.74 Å². The Labute approximate surface area is 105 Å². The highest BCUT2D eigenvalue weighted by atomic mass is 32.2. The molecule has 2 heterocycles. The number of anilines is 1. The maximum absolute atomic E-state index is 9.15. The van der Waals surface area contributed by atoms with Gasteiger partial charge in [0.15, 0.2) is 0 Å². The standard InChI is InChI=1S/C11H17N3O2S/c1-8-6-16-9(5-15)4-14(8)10-3-11(17-2)13-7-12-10/h3,7-9,15H,4-6H2,1-2H3. The summed E-state index contributed by atoms with van der Waals surface area (Å²) in [5.41, 5.74) is 0. The quantitative estimate of drug-likeness (QED) is 0.636. The van der Waals surface area contributed by atoms with Gasteiger partial charge in [-0.1, -0.05) is 0 Å². The summed E-state index contributed by atoms with van der Waals surface area (Å²) in [5, 5.41) is 10.1. The summed E-state index contributed by atoms with van der Waals surface area (Å²) >= 11 is 1.60. The molecule has 1 aliphatic heterocycles. The fourth-order valence-electron chi connectivity index (χ4n) is 1.85. The smallest absolute Gasteiger partial charge is 0.133 e. The third-order valence-electron chi connectivity index (χ3n) is 2.84. The minimum atomic E-state index is -0.126. The lowest BCUT2D eigenvalue weighted by Crippen LogP contribution is -2.50. The van der Waals surface area contributed by atoms with Crippen LogP contribution in [-0.4, -0.2) is 53.2 Å². The number of aliphatic hydroxyl groups is 1. The summed E-state index contributed by atoms with van der Waals surface area (Å²) in [6.45, 7) is 3.42. The molecule has 5 nitrogen and oxygen atoms in total. The molecule has 0 bridgehead atoms. The molecular weight excluding hydrogens is 238 g/mol. The van der Waals surface area contributed by atoms with E-state index in [2.05, 4.69) is 21.8 Å². The molecule has 94 valence electrons. The third kappa shape index (κ3) is 2.88. The van der Waals surface area contributed by atoms with E-state index in [-0.39, 0.29) is 18.8 Å². The molecule has 2 unspecified atom stereocenters. The molecule has 1 N–H and O–H groups in total. The van der Waals surface area contributed by atoms with E-state index in [4.69, 9.17) is 9.84 Å². The zero-order valence-electron chi connectivity index (χ0n) is 10.0. The van der Waals surface area contributed by atoms with Crippen LogP contribution in [0.1, 0.15) is 6.92 Å². The van der Waals surface area contributed by atoms with Gasteiger partial charge in [-0.05, 0) is 13.2 Å².